The molecule has 1 saturated heterocycles. The van der Waals surface area contributed by atoms with Gasteiger partial charge in [0.25, 0.3) is 5.91 Å². The molecule has 4 rings (SSSR count). The molecule has 2 aromatic carbocycles. The molecule has 1 saturated carbocycles. The lowest BCUT2D eigenvalue weighted by molar-refractivity contribution is -0.132. The number of benzene rings is 2. The number of hydrogen-bond acceptors (Lipinski definition) is 6. The number of nitrogens with zero attached hydrogens (tertiary/aromatic N) is 1. The van der Waals surface area contributed by atoms with Crippen molar-refractivity contribution in [1.82, 2.24) is 15.5 Å². The van der Waals surface area contributed by atoms with Crippen LogP contribution in [0.2, 0.25) is 0 Å². The maximum absolute atomic E-state index is 13.5. The van der Waals surface area contributed by atoms with E-state index in [0.29, 0.717) is 35.4 Å². The SMILES string of the molecule is COc1cccc(C(=O)N[C@@H](CSc2ccccc2)[C@H](O)CN2CC3CCCC[C@H]3C[C@H]2C(=O)NC(C)(C)C)c1C. The van der Waals surface area contributed by atoms with E-state index in [1.165, 1.54) is 25.7 Å². The lowest BCUT2D eigenvalue weighted by Gasteiger charge is -2.47. The van der Waals surface area contributed by atoms with Crippen LogP contribution < -0.4 is 15.4 Å². The van der Waals surface area contributed by atoms with Crippen LogP contribution in [0.25, 0.3) is 0 Å². The molecule has 2 fully saturated rings. The molecule has 0 aromatic heterocycles. The normalized spacial score (nSPS) is 22.7. The van der Waals surface area contributed by atoms with Crippen molar-refractivity contribution in [3.63, 3.8) is 0 Å². The smallest absolute Gasteiger partial charge is 0.252 e. The molecule has 2 aromatic rings. The quantitative estimate of drug-likeness (QED) is 0.340. The number of ether oxygens (including phenoxy) is 1. The Bertz CT molecular complexity index is 1170. The van der Waals surface area contributed by atoms with Gasteiger partial charge in [-0.25, -0.2) is 0 Å². The highest BCUT2D eigenvalue weighted by Crippen LogP contribution is 2.39. The summed E-state index contributed by atoms with van der Waals surface area (Å²) in [7, 11) is 1.59. The van der Waals surface area contributed by atoms with Gasteiger partial charge in [-0.2, -0.15) is 0 Å². The Kier molecular flexibility index (Phi) is 10.8. The molecular weight excluding hydrogens is 534 g/mol. The van der Waals surface area contributed by atoms with Gasteiger partial charge in [-0.3, -0.25) is 14.5 Å². The molecule has 2 aliphatic rings. The van der Waals surface area contributed by atoms with Crippen molar-refractivity contribution >= 4 is 23.6 Å². The van der Waals surface area contributed by atoms with Gasteiger partial charge in [-0.1, -0.05) is 43.5 Å². The van der Waals surface area contributed by atoms with Crippen LogP contribution in [-0.4, -0.2) is 71.5 Å². The Hall–Kier alpha value is -2.55. The second-order valence-corrected chi connectivity index (χ2v) is 13.7. The standard InChI is InChI=1S/C33H47N3O4S/c1-22-26(16-11-17-30(22)40-5)31(38)34-27(21-41-25-14-7-6-8-15-25)29(37)20-36-19-24-13-10-9-12-23(24)18-28(36)32(39)35-33(2,3)4/h6-8,11,14-17,23-24,27-29,37H,9-10,12-13,18-21H2,1-5H3,(H,34,38)(H,35,39)/t23-,24?,27-,28-,29+/m0/s1. The van der Waals surface area contributed by atoms with Crippen molar-refractivity contribution in [3.8, 4) is 5.75 Å². The molecule has 1 heterocycles. The molecule has 5 atom stereocenters. The minimum absolute atomic E-state index is 0.0278. The molecular formula is C33H47N3O4S. The van der Waals surface area contributed by atoms with Gasteiger partial charge in [0.15, 0.2) is 0 Å². The fraction of sp³-hybridized carbons (Fsp3) is 0.576. The highest BCUT2D eigenvalue weighted by atomic mass is 32.2. The Labute approximate surface area is 249 Å². The Morgan fingerprint density at radius 3 is 2.46 bits per heavy atom. The zero-order valence-corrected chi connectivity index (χ0v) is 26.0. The molecule has 3 N–H and O–H groups in total. The lowest BCUT2D eigenvalue weighted by atomic mass is 9.72. The maximum Gasteiger partial charge on any atom is 0.252 e. The number of thioether (sulfide) groups is 1. The predicted octanol–water partition coefficient (Wildman–Crippen LogP) is 5.05. The summed E-state index contributed by atoms with van der Waals surface area (Å²) in [4.78, 5) is 30.3. The molecule has 1 unspecified atom stereocenters. The largest absolute Gasteiger partial charge is 0.496 e. The summed E-state index contributed by atoms with van der Waals surface area (Å²) in [6.07, 6.45) is 4.76. The number of aliphatic hydroxyl groups is 1. The summed E-state index contributed by atoms with van der Waals surface area (Å²) in [5.74, 6) is 2.02. The first-order valence-electron chi connectivity index (χ1n) is 14.9. The number of carbonyl (C=O) groups is 2. The molecule has 1 aliphatic heterocycles. The van der Waals surface area contributed by atoms with Gasteiger partial charge in [0.05, 0.1) is 25.3 Å². The van der Waals surface area contributed by atoms with E-state index in [1.54, 1.807) is 31.0 Å². The molecule has 0 radical (unpaired) electrons. The zero-order chi connectivity index (χ0) is 29.6. The number of hydrogen-bond donors (Lipinski definition) is 3. The number of piperidine rings is 1. The number of likely N-dealkylation sites (tertiary alicyclic amines) is 1. The van der Waals surface area contributed by atoms with Crippen LogP contribution in [0.5, 0.6) is 5.75 Å². The Morgan fingerprint density at radius 2 is 1.78 bits per heavy atom. The van der Waals surface area contributed by atoms with Crippen LogP contribution in [-0.2, 0) is 4.79 Å². The third-order valence-corrected chi connectivity index (χ3v) is 9.56. The third-order valence-electron chi connectivity index (χ3n) is 8.43. The average Bonchev–Trinajstić information content (AvgIpc) is 2.94. The molecule has 0 bridgehead atoms. The molecule has 0 spiro atoms. The van der Waals surface area contributed by atoms with Crippen molar-refractivity contribution in [2.45, 2.75) is 88.4 Å². The Morgan fingerprint density at radius 1 is 1.07 bits per heavy atom. The minimum atomic E-state index is -0.855. The van der Waals surface area contributed by atoms with Crippen LogP contribution in [0.4, 0.5) is 0 Å². The second kappa shape index (κ2) is 14.1. The average molecular weight is 582 g/mol. The summed E-state index contributed by atoms with van der Waals surface area (Å²) in [5, 5.41) is 18.0. The highest BCUT2D eigenvalue weighted by Gasteiger charge is 2.41. The summed E-state index contributed by atoms with van der Waals surface area (Å²) < 4.78 is 5.43. The van der Waals surface area contributed by atoms with Crippen molar-refractivity contribution in [2.24, 2.45) is 11.8 Å². The minimum Gasteiger partial charge on any atom is -0.496 e. The van der Waals surface area contributed by atoms with E-state index in [9.17, 15) is 14.7 Å². The van der Waals surface area contributed by atoms with E-state index < -0.39 is 12.1 Å². The monoisotopic (exact) mass is 581 g/mol. The number of nitrogens with one attached hydrogen (secondary N) is 2. The zero-order valence-electron chi connectivity index (χ0n) is 25.2. The van der Waals surface area contributed by atoms with Crippen LogP contribution in [0.15, 0.2) is 53.4 Å². The van der Waals surface area contributed by atoms with E-state index in [4.69, 9.17) is 4.74 Å². The van der Waals surface area contributed by atoms with Gasteiger partial charge in [-0.15, -0.1) is 11.8 Å². The van der Waals surface area contributed by atoms with E-state index in [0.717, 1.165) is 23.4 Å². The Balaban J connectivity index is 1.54. The number of rotatable bonds is 10. The maximum atomic E-state index is 13.5. The van der Waals surface area contributed by atoms with Crippen molar-refractivity contribution in [3.05, 3.63) is 59.7 Å². The van der Waals surface area contributed by atoms with Gasteiger partial charge < -0.3 is 20.5 Å². The number of methoxy groups -OCH3 is 1. The summed E-state index contributed by atoms with van der Waals surface area (Å²) >= 11 is 1.60. The van der Waals surface area contributed by atoms with Crippen molar-refractivity contribution in [2.75, 3.05) is 26.0 Å². The molecule has 8 heteroatoms. The molecule has 224 valence electrons. The topological polar surface area (TPSA) is 90.9 Å². The first-order chi connectivity index (χ1) is 19.6. The van der Waals surface area contributed by atoms with Crippen molar-refractivity contribution in [1.29, 1.82) is 0 Å². The summed E-state index contributed by atoms with van der Waals surface area (Å²) in [6.45, 7) is 8.99. The second-order valence-electron chi connectivity index (χ2n) is 12.7. The van der Waals surface area contributed by atoms with Gasteiger partial charge in [0.1, 0.15) is 5.75 Å². The molecule has 7 nitrogen and oxygen atoms in total. The first-order valence-corrected chi connectivity index (χ1v) is 15.9. The molecule has 1 aliphatic carbocycles. The van der Waals surface area contributed by atoms with Gasteiger partial charge in [-0.05, 0) is 76.6 Å². The highest BCUT2D eigenvalue weighted by molar-refractivity contribution is 7.99. The number of fused-ring (bicyclic) bond motifs is 1. The number of amides is 2. The van der Waals surface area contributed by atoms with E-state index in [1.807, 2.05) is 64.1 Å². The van der Waals surface area contributed by atoms with E-state index >= 15 is 0 Å². The molecule has 41 heavy (non-hydrogen) atoms. The van der Waals surface area contributed by atoms with Crippen molar-refractivity contribution < 1.29 is 19.4 Å². The van der Waals surface area contributed by atoms with Gasteiger partial charge in [0, 0.05) is 40.4 Å². The fourth-order valence-electron chi connectivity index (χ4n) is 6.27. The van der Waals surface area contributed by atoms with Gasteiger partial charge in [0.2, 0.25) is 5.91 Å². The number of carbonyl (C=O) groups excluding carboxylic acids is 2. The third kappa shape index (κ3) is 8.49. The number of β-amino-alcohol motifs (C(OH)–C–C–N with tert-alkyl or cyclic N) is 1. The van der Waals surface area contributed by atoms with E-state index in [2.05, 4.69) is 15.5 Å². The lowest BCUT2D eigenvalue weighted by Crippen LogP contribution is -2.60. The summed E-state index contributed by atoms with van der Waals surface area (Å²) in [5.41, 5.74) is 0.953. The number of aliphatic hydroxyl groups excluding tert-OH is 1. The molecule has 2 amide bonds. The van der Waals surface area contributed by atoms with E-state index in [-0.39, 0.29) is 23.4 Å². The predicted molar refractivity (Wildman–Crippen MR) is 165 cm³/mol. The fourth-order valence-corrected chi connectivity index (χ4v) is 7.30. The van der Waals surface area contributed by atoms with Gasteiger partial charge >= 0.3 is 0 Å². The first kappa shape index (κ1) is 31.4. The summed E-state index contributed by atoms with van der Waals surface area (Å²) in [6, 6.07) is 14.6. The van der Waals surface area contributed by atoms with Crippen LogP contribution in [0, 0.1) is 18.8 Å². The van der Waals surface area contributed by atoms with Crippen LogP contribution in [0.3, 0.4) is 0 Å². The van der Waals surface area contributed by atoms with Crippen LogP contribution >= 0.6 is 11.8 Å². The van der Waals surface area contributed by atoms with Crippen LogP contribution in [0.1, 0.15) is 68.8 Å².